The number of hydrogen-bond donors (Lipinski definition) is 0. The minimum atomic E-state index is -0.0897. The summed E-state index contributed by atoms with van der Waals surface area (Å²) in [5.74, 6) is 0.751. The van der Waals surface area contributed by atoms with Crippen LogP contribution in [0.15, 0.2) is 65.7 Å². The molecule has 0 atom stereocenters. The number of benzene rings is 2. The third kappa shape index (κ3) is 4.73. The van der Waals surface area contributed by atoms with E-state index in [4.69, 9.17) is 22.1 Å². The molecule has 2 heterocycles. The number of thiocarbonyl (C=S) groups is 1. The minimum absolute atomic E-state index is 0.0897. The lowest BCUT2D eigenvalue weighted by molar-refractivity contribution is -0.121. The van der Waals surface area contributed by atoms with Crippen LogP contribution in [-0.2, 0) is 4.79 Å². The Morgan fingerprint density at radius 1 is 1.13 bits per heavy atom. The maximum Gasteiger partial charge on any atom is 0.265 e. The van der Waals surface area contributed by atoms with Crippen LogP contribution in [0, 0.1) is 0 Å². The second-order valence-electron chi connectivity index (χ2n) is 7.18. The summed E-state index contributed by atoms with van der Waals surface area (Å²) in [5, 5.41) is 4.83. The molecular formula is C24H23N3O2S2. The van der Waals surface area contributed by atoms with E-state index in [2.05, 4.69) is 6.92 Å². The highest BCUT2D eigenvalue weighted by Gasteiger charge is 2.29. The number of likely N-dealkylation sites (N-methyl/N-ethyl adjacent to an activating group) is 1. The van der Waals surface area contributed by atoms with E-state index in [0.717, 1.165) is 41.1 Å². The number of carbonyl (C=O) groups is 1. The van der Waals surface area contributed by atoms with Crippen molar-refractivity contribution in [2.45, 2.75) is 19.8 Å². The molecule has 0 N–H and O–H groups in total. The van der Waals surface area contributed by atoms with Gasteiger partial charge in [-0.2, -0.15) is 5.10 Å². The quantitative estimate of drug-likeness (QED) is 0.269. The standard InChI is InChI=1S/C24H23N3O2S2/c1-3-4-14-29-20-12-10-17(11-13-20)22-18(15-21-23(28)26(2)24(30)31-21)16-27(25-22)19-8-6-5-7-9-19/h5-13,15-16H,3-4,14H2,1-2H3/b21-15-. The van der Waals surface area contributed by atoms with Crippen molar-refractivity contribution >= 4 is 40.3 Å². The second kappa shape index (κ2) is 9.49. The normalized spacial score (nSPS) is 15.2. The molecule has 4 rings (SSSR count). The fraction of sp³-hybridized carbons (Fsp3) is 0.208. The van der Waals surface area contributed by atoms with Gasteiger partial charge in [-0.1, -0.05) is 55.5 Å². The van der Waals surface area contributed by atoms with Crippen LogP contribution in [0.4, 0.5) is 0 Å². The fourth-order valence-corrected chi connectivity index (χ4v) is 4.33. The lowest BCUT2D eigenvalue weighted by Gasteiger charge is -2.06. The molecule has 1 amide bonds. The Hall–Kier alpha value is -2.90. The average molecular weight is 450 g/mol. The molecule has 0 radical (unpaired) electrons. The van der Waals surface area contributed by atoms with Crippen molar-refractivity contribution in [3.8, 4) is 22.7 Å². The number of aromatic nitrogens is 2. The van der Waals surface area contributed by atoms with Gasteiger partial charge in [0, 0.05) is 24.4 Å². The SMILES string of the molecule is CCCCOc1ccc(-c2nn(-c3ccccc3)cc2/C=C2\SC(=S)N(C)C2=O)cc1. The first-order valence-corrected chi connectivity index (χ1v) is 11.4. The van der Waals surface area contributed by atoms with Crippen molar-refractivity contribution in [3.05, 3.63) is 71.3 Å². The van der Waals surface area contributed by atoms with Gasteiger partial charge < -0.3 is 4.74 Å². The number of para-hydroxylation sites is 1. The Bertz CT molecular complexity index is 1120. The Morgan fingerprint density at radius 2 is 1.87 bits per heavy atom. The van der Waals surface area contributed by atoms with Gasteiger partial charge in [0.2, 0.25) is 0 Å². The number of unbranched alkanes of at least 4 members (excludes halogenated alkanes) is 1. The van der Waals surface area contributed by atoms with Crippen LogP contribution in [0.25, 0.3) is 23.0 Å². The van der Waals surface area contributed by atoms with Gasteiger partial charge in [-0.05, 0) is 48.9 Å². The van der Waals surface area contributed by atoms with E-state index in [1.165, 1.54) is 16.7 Å². The van der Waals surface area contributed by atoms with Crippen molar-refractivity contribution < 1.29 is 9.53 Å². The predicted molar refractivity (Wildman–Crippen MR) is 130 cm³/mol. The molecule has 0 spiro atoms. The number of ether oxygens (including phenoxy) is 1. The van der Waals surface area contributed by atoms with Gasteiger partial charge in [0.1, 0.15) is 10.1 Å². The molecule has 1 fully saturated rings. The second-order valence-corrected chi connectivity index (χ2v) is 8.86. The lowest BCUT2D eigenvalue weighted by Crippen LogP contribution is -2.22. The molecule has 31 heavy (non-hydrogen) atoms. The number of hydrogen-bond acceptors (Lipinski definition) is 5. The van der Waals surface area contributed by atoms with E-state index < -0.39 is 0 Å². The molecule has 0 bridgehead atoms. The van der Waals surface area contributed by atoms with Crippen LogP contribution in [0.3, 0.4) is 0 Å². The third-order valence-electron chi connectivity index (χ3n) is 4.93. The first-order chi connectivity index (χ1) is 15.1. The number of thioether (sulfide) groups is 1. The summed E-state index contributed by atoms with van der Waals surface area (Å²) in [6, 6.07) is 17.8. The van der Waals surface area contributed by atoms with Crippen LogP contribution in [0.1, 0.15) is 25.3 Å². The Kier molecular flexibility index (Phi) is 6.53. The van der Waals surface area contributed by atoms with E-state index in [0.29, 0.717) is 15.8 Å². The van der Waals surface area contributed by atoms with E-state index in [1.807, 2.05) is 71.6 Å². The number of carbonyl (C=O) groups excluding carboxylic acids is 1. The highest BCUT2D eigenvalue weighted by molar-refractivity contribution is 8.26. The van der Waals surface area contributed by atoms with Crippen LogP contribution in [0.2, 0.25) is 0 Å². The van der Waals surface area contributed by atoms with Crippen molar-refractivity contribution in [1.29, 1.82) is 0 Å². The van der Waals surface area contributed by atoms with Gasteiger partial charge in [0.15, 0.2) is 0 Å². The largest absolute Gasteiger partial charge is 0.494 e. The molecule has 2 aromatic carbocycles. The highest BCUT2D eigenvalue weighted by Crippen LogP contribution is 2.34. The molecule has 3 aromatic rings. The van der Waals surface area contributed by atoms with Gasteiger partial charge >= 0.3 is 0 Å². The van der Waals surface area contributed by atoms with E-state index in [9.17, 15) is 4.79 Å². The first kappa shape index (κ1) is 21.3. The van der Waals surface area contributed by atoms with Crippen LogP contribution < -0.4 is 4.74 Å². The van der Waals surface area contributed by atoms with Crippen molar-refractivity contribution in [2.24, 2.45) is 0 Å². The van der Waals surface area contributed by atoms with Gasteiger partial charge in [-0.25, -0.2) is 4.68 Å². The molecule has 7 heteroatoms. The highest BCUT2D eigenvalue weighted by atomic mass is 32.2. The molecule has 1 aromatic heterocycles. The van der Waals surface area contributed by atoms with Crippen molar-refractivity contribution in [1.82, 2.24) is 14.7 Å². The Labute approximate surface area is 191 Å². The zero-order chi connectivity index (χ0) is 21.8. The third-order valence-corrected chi connectivity index (χ3v) is 6.42. The first-order valence-electron chi connectivity index (χ1n) is 10.2. The van der Waals surface area contributed by atoms with Crippen LogP contribution in [0.5, 0.6) is 5.75 Å². The van der Waals surface area contributed by atoms with Crippen molar-refractivity contribution in [2.75, 3.05) is 13.7 Å². The molecular weight excluding hydrogens is 426 g/mol. The van der Waals surface area contributed by atoms with Crippen LogP contribution >= 0.6 is 24.0 Å². The number of rotatable bonds is 7. The van der Waals surface area contributed by atoms with Gasteiger partial charge in [-0.3, -0.25) is 9.69 Å². The van der Waals surface area contributed by atoms with Gasteiger partial charge in [-0.15, -0.1) is 0 Å². The molecule has 1 saturated heterocycles. The molecule has 0 unspecified atom stereocenters. The van der Waals surface area contributed by atoms with E-state index in [-0.39, 0.29) is 5.91 Å². The molecule has 1 aliphatic rings. The summed E-state index contributed by atoms with van der Waals surface area (Å²) >= 11 is 6.58. The fourth-order valence-electron chi connectivity index (χ4n) is 3.16. The van der Waals surface area contributed by atoms with Gasteiger partial charge in [0.05, 0.1) is 22.9 Å². The zero-order valence-corrected chi connectivity index (χ0v) is 19.1. The van der Waals surface area contributed by atoms with Crippen molar-refractivity contribution in [3.63, 3.8) is 0 Å². The summed E-state index contributed by atoms with van der Waals surface area (Å²) in [4.78, 5) is 14.6. The minimum Gasteiger partial charge on any atom is -0.494 e. The van der Waals surface area contributed by atoms with Crippen LogP contribution in [-0.4, -0.2) is 38.6 Å². The number of nitrogens with zero attached hydrogens (tertiary/aromatic N) is 3. The molecule has 1 aliphatic heterocycles. The maximum absolute atomic E-state index is 12.5. The average Bonchev–Trinajstić information content (AvgIpc) is 3.32. The number of amides is 1. The molecule has 158 valence electrons. The summed E-state index contributed by atoms with van der Waals surface area (Å²) in [6.07, 6.45) is 5.94. The van der Waals surface area contributed by atoms with Gasteiger partial charge in [0.25, 0.3) is 5.91 Å². The zero-order valence-electron chi connectivity index (χ0n) is 17.4. The predicted octanol–water partition coefficient (Wildman–Crippen LogP) is 5.55. The summed E-state index contributed by atoms with van der Waals surface area (Å²) in [7, 11) is 1.70. The molecule has 0 saturated carbocycles. The molecule has 0 aliphatic carbocycles. The lowest BCUT2D eigenvalue weighted by atomic mass is 10.1. The topological polar surface area (TPSA) is 47.4 Å². The van der Waals surface area contributed by atoms with E-state index >= 15 is 0 Å². The summed E-state index contributed by atoms with van der Waals surface area (Å²) < 4.78 is 8.17. The van der Waals surface area contributed by atoms with E-state index in [1.54, 1.807) is 7.05 Å². The Balaban J connectivity index is 1.71. The smallest absolute Gasteiger partial charge is 0.265 e. The monoisotopic (exact) mass is 449 g/mol. The summed E-state index contributed by atoms with van der Waals surface area (Å²) in [6.45, 7) is 2.85. The maximum atomic E-state index is 12.5. The Morgan fingerprint density at radius 3 is 2.52 bits per heavy atom. The molecule has 5 nitrogen and oxygen atoms in total. The summed E-state index contributed by atoms with van der Waals surface area (Å²) in [5.41, 5.74) is 3.56.